The average molecular weight is 288 g/mol. The van der Waals surface area contributed by atoms with E-state index in [2.05, 4.69) is 0 Å². The number of hydrogen-bond donors (Lipinski definition) is 2. The van der Waals surface area contributed by atoms with Crippen molar-refractivity contribution in [1.82, 2.24) is 0 Å². The largest absolute Gasteiger partial charge is 0.370 e. The number of amides is 1. The molecule has 3 N–H and O–H groups in total. The zero-order valence-electron chi connectivity index (χ0n) is 9.72. The maximum Gasteiger partial charge on any atom is 0.295 e. The van der Waals surface area contributed by atoms with E-state index in [1.807, 2.05) is 0 Å². The van der Waals surface area contributed by atoms with Crippen molar-refractivity contribution in [3.8, 4) is 0 Å². The van der Waals surface area contributed by atoms with Crippen molar-refractivity contribution >= 4 is 16.0 Å². The highest BCUT2D eigenvalue weighted by molar-refractivity contribution is 7.85. The number of primary amides is 1. The number of carbonyl (C=O) groups excluding carboxylic acids is 1. The number of carbonyl (C=O) groups is 1. The Morgan fingerprint density at radius 2 is 2.00 bits per heavy atom. The molecule has 0 radical (unpaired) electrons. The predicted octanol–water partition coefficient (Wildman–Crippen LogP) is 0.517. The van der Waals surface area contributed by atoms with Gasteiger partial charge in [0.1, 0.15) is 4.90 Å². The molecule has 1 amide bonds. The van der Waals surface area contributed by atoms with E-state index in [1.165, 1.54) is 18.2 Å². The molecule has 9 heteroatoms. The maximum absolute atomic E-state index is 11.2. The molecule has 0 aliphatic rings. The molecule has 0 spiro atoms. The van der Waals surface area contributed by atoms with Crippen LogP contribution >= 0.6 is 0 Å². The number of nitrogens with zero attached hydrogens (tertiary/aromatic N) is 1. The van der Waals surface area contributed by atoms with E-state index >= 15 is 0 Å². The molecule has 0 fully saturated rings. The third kappa shape index (κ3) is 4.00. The first-order chi connectivity index (χ1) is 8.73. The minimum absolute atomic E-state index is 0.170. The van der Waals surface area contributed by atoms with E-state index in [4.69, 9.17) is 10.3 Å². The van der Waals surface area contributed by atoms with E-state index in [0.717, 1.165) is 6.07 Å². The first-order valence-electron chi connectivity index (χ1n) is 5.21. The minimum Gasteiger partial charge on any atom is -0.370 e. The molecule has 8 nitrogen and oxygen atoms in total. The Morgan fingerprint density at radius 3 is 2.47 bits per heavy atom. The van der Waals surface area contributed by atoms with Crippen molar-refractivity contribution in [2.45, 2.75) is 23.8 Å². The van der Waals surface area contributed by atoms with Gasteiger partial charge in [0.05, 0.1) is 0 Å². The Balaban J connectivity index is 3.24. The van der Waals surface area contributed by atoms with E-state index in [0.29, 0.717) is 0 Å². The third-order valence-electron chi connectivity index (χ3n) is 2.47. The monoisotopic (exact) mass is 288 g/mol. The van der Waals surface area contributed by atoms with Gasteiger partial charge in [-0.2, -0.15) is 8.42 Å². The van der Waals surface area contributed by atoms with Gasteiger partial charge in [0.2, 0.25) is 11.9 Å². The zero-order chi connectivity index (χ0) is 14.6. The summed E-state index contributed by atoms with van der Waals surface area (Å²) in [5.74, 6) is -0.726. The normalized spacial score (nSPS) is 12.9. The number of rotatable bonds is 6. The van der Waals surface area contributed by atoms with Gasteiger partial charge in [-0.05, 0) is 6.07 Å². The van der Waals surface area contributed by atoms with Gasteiger partial charge in [-0.3, -0.25) is 19.5 Å². The third-order valence-corrected chi connectivity index (χ3v) is 3.40. The predicted molar refractivity (Wildman–Crippen MR) is 64.4 cm³/mol. The lowest BCUT2D eigenvalue weighted by atomic mass is 10.0. The highest BCUT2D eigenvalue weighted by atomic mass is 32.2. The summed E-state index contributed by atoms with van der Waals surface area (Å²) in [6.07, 6.45) is -0.500. The van der Waals surface area contributed by atoms with Crippen LogP contribution in [-0.4, -0.2) is 23.8 Å². The molecule has 0 saturated heterocycles. The van der Waals surface area contributed by atoms with Crippen LogP contribution in [0.3, 0.4) is 0 Å². The first-order valence-corrected chi connectivity index (χ1v) is 6.65. The molecule has 0 bridgehead atoms. The van der Waals surface area contributed by atoms with Gasteiger partial charge in [0.15, 0.2) is 0 Å². The van der Waals surface area contributed by atoms with Gasteiger partial charge >= 0.3 is 0 Å². The summed E-state index contributed by atoms with van der Waals surface area (Å²) in [6.45, 7) is 0. The molecule has 19 heavy (non-hydrogen) atoms. The Hall–Kier alpha value is -2.00. The number of benzene rings is 1. The zero-order valence-corrected chi connectivity index (χ0v) is 10.5. The number of nitro groups is 1. The van der Waals surface area contributed by atoms with E-state index in [1.54, 1.807) is 0 Å². The summed E-state index contributed by atoms with van der Waals surface area (Å²) in [4.78, 5) is 20.4. The lowest BCUT2D eigenvalue weighted by Crippen LogP contribution is -2.18. The maximum atomic E-state index is 11.2. The average Bonchev–Trinajstić information content (AvgIpc) is 2.27. The summed E-state index contributed by atoms with van der Waals surface area (Å²) in [5.41, 5.74) is 4.74. The van der Waals surface area contributed by atoms with Gasteiger partial charge < -0.3 is 5.73 Å². The Morgan fingerprint density at radius 1 is 1.42 bits per heavy atom. The number of nitrogens with two attached hydrogens (primary N) is 1. The highest BCUT2D eigenvalue weighted by Crippen LogP contribution is 2.27. The fraction of sp³-hybridized carbons (Fsp3) is 0.300. The van der Waals surface area contributed by atoms with Crippen molar-refractivity contribution in [2.75, 3.05) is 0 Å². The summed E-state index contributed by atoms with van der Waals surface area (Å²) in [5, 5.41) is 11.0. The van der Waals surface area contributed by atoms with Gasteiger partial charge in [0, 0.05) is 23.3 Å². The second-order valence-electron chi connectivity index (χ2n) is 3.82. The molecule has 0 aliphatic heterocycles. The standard InChI is InChI=1S/C10H12N2O6S/c11-10(13)6-5-8(12(14)15)7-3-1-2-4-9(7)19(16,17)18/h1-4,8H,5-6H2,(H2,11,13)(H,16,17,18). The van der Waals surface area contributed by atoms with Crippen LogP contribution in [0, 0.1) is 10.1 Å². The summed E-state index contributed by atoms with van der Waals surface area (Å²) in [7, 11) is -4.57. The van der Waals surface area contributed by atoms with Crippen LogP contribution < -0.4 is 5.73 Å². The molecule has 1 rings (SSSR count). The highest BCUT2D eigenvalue weighted by Gasteiger charge is 2.29. The molecule has 1 aromatic carbocycles. The molecule has 0 saturated carbocycles. The van der Waals surface area contributed by atoms with Gasteiger partial charge in [-0.15, -0.1) is 0 Å². The Bertz CT molecular complexity index is 598. The molecule has 104 valence electrons. The SMILES string of the molecule is NC(=O)CCC(c1ccccc1S(=O)(=O)O)[N+](=O)[O-]. The molecule has 1 unspecified atom stereocenters. The van der Waals surface area contributed by atoms with E-state index in [-0.39, 0.29) is 18.4 Å². The number of hydrogen-bond acceptors (Lipinski definition) is 5. The first kappa shape index (κ1) is 15.1. The Labute approximate surface area is 109 Å². The summed E-state index contributed by atoms with van der Waals surface area (Å²) in [6, 6.07) is 3.59. The van der Waals surface area contributed by atoms with Crippen LogP contribution in [0.2, 0.25) is 0 Å². The summed E-state index contributed by atoms with van der Waals surface area (Å²) < 4.78 is 31.4. The van der Waals surface area contributed by atoms with Crippen molar-refractivity contribution < 1.29 is 22.7 Å². The fourth-order valence-electron chi connectivity index (χ4n) is 1.64. The van der Waals surface area contributed by atoms with Crippen LogP contribution in [0.1, 0.15) is 24.4 Å². The van der Waals surface area contributed by atoms with E-state index in [9.17, 15) is 23.3 Å². The topological polar surface area (TPSA) is 141 Å². The van der Waals surface area contributed by atoms with Crippen LogP contribution in [0.4, 0.5) is 0 Å². The molecular formula is C10H12N2O6S. The minimum atomic E-state index is -4.57. The van der Waals surface area contributed by atoms with Gasteiger partial charge in [0.25, 0.3) is 10.1 Å². The molecule has 1 atom stereocenters. The molecule has 0 aromatic heterocycles. The van der Waals surface area contributed by atoms with E-state index < -0.39 is 31.9 Å². The van der Waals surface area contributed by atoms with Crippen LogP contribution in [-0.2, 0) is 14.9 Å². The smallest absolute Gasteiger partial charge is 0.295 e. The molecule has 0 aliphatic carbocycles. The van der Waals surface area contributed by atoms with Crippen LogP contribution in [0.5, 0.6) is 0 Å². The van der Waals surface area contributed by atoms with Crippen LogP contribution in [0.15, 0.2) is 29.2 Å². The van der Waals surface area contributed by atoms with Gasteiger partial charge in [-0.25, -0.2) is 0 Å². The quantitative estimate of drug-likeness (QED) is 0.444. The molecular weight excluding hydrogens is 276 g/mol. The fourth-order valence-corrected chi connectivity index (χ4v) is 2.40. The summed E-state index contributed by atoms with van der Waals surface area (Å²) >= 11 is 0. The Kier molecular flexibility index (Phi) is 4.57. The van der Waals surface area contributed by atoms with Crippen molar-refractivity contribution in [3.63, 3.8) is 0 Å². The second kappa shape index (κ2) is 5.76. The van der Waals surface area contributed by atoms with Gasteiger partial charge in [-0.1, -0.05) is 18.2 Å². The second-order valence-corrected chi connectivity index (χ2v) is 5.21. The van der Waals surface area contributed by atoms with Crippen molar-refractivity contribution in [3.05, 3.63) is 39.9 Å². The lowest BCUT2D eigenvalue weighted by molar-refractivity contribution is -0.530. The molecule has 1 aromatic rings. The van der Waals surface area contributed by atoms with Crippen LogP contribution in [0.25, 0.3) is 0 Å². The lowest BCUT2D eigenvalue weighted by Gasteiger charge is -2.11. The van der Waals surface area contributed by atoms with Crippen molar-refractivity contribution in [2.24, 2.45) is 5.73 Å². The molecule has 0 heterocycles. The van der Waals surface area contributed by atoms with Crippen molar-refractivity contribution in [1.29, 1.82) is 0 Å².